The summed E-state index contributed by atoms with van der Waals surface area (Å²) in [5.41, 5.74) is 2.10. The molecule has 0 aliphatic rings. The Labute approximate surface area is 150 Å². The zero-order chi connectivity index (χ0) is 18.0. The van der Waals surface area contributed by atoms with Gasteiger partial charge in [-0.25, -0.2) is 9.97 Å². The molecule has 7 heteroatoms. The molecule has 0 radical (unpaired) electrons. The van der Waals surface area contributed by atoms with E-state index in [1.54, 1.807) is 23.7 Å². The van der Waals surface area contributed by atoms with Gasteiger partial charge in [-0.05, 0) is 31.5 Å². The van der Waals surface area contributed by atoms with Crippen LogP contribution in [0, 0.1) is 13.8 Å². The van der Waals surface area contributed by atoms with Crippen molar-refractivity contribution in [3.8, 4) is 11.4 Å². The van der Waals surface area contributed by atoms with Crippen LogP contribution in [-0.4, -0.2) is 41.0 Å². The van der Waals surface area contributed by atoms with E-state index in [9.17, 15) is 4.79 Å². The standard InChI is InChI=1S/C18H21N5OS/c1-11-12(2)25-18-15(11)17(23(4)9-8-20-13(3)24)21-16(22-18)14-6-5-7-19-10-14/h5-7,10H,8-9H2,1-4H3,(H,20,24). The summed E-state index contributed by atoms with van der Waals surface area (Å²) >= 11 is 1.68. The zero-order valence-corrected chi connectivity index (χ0v) is 15.6. The molecule has 6 nitrogen and oxygen atoms in total. The number of likely N-dealkylation sites (N-methyl/N-ethyl adjacent to an activating group) is 1. The van der Waals surface area contributed by atoms with Crippen molar-refractivity contribution >= 4 is 33.3 Å². The summed E-state index contributed by atoms with van der Waals surface area (Å²) in [6.07, 6.45) is 3.51. The minimum Gasteiger partial charge on any atom is -0.357 e. The number of fused-ring (bicyclic) bond motifs is 1. The molecule has 0 saturated heterocycles. The number of aryl methyl sites for hydroxylation is 2. The third-order valence-electron chi connectivity index (χ3n) is 4.11. The minimum atomic E-state index is -0.0279. The summed E-state index contributed by atoms with van der Waals surface area (Å²) < 4.78 is 0. The van der Waals surface area contributed by atoms with E-state index in [-0.39, 0.29) is 5.91 Å². The van der Waals surface area contributed by atoms with Gasteiger partial charge in [-0.1, -0.05) is 0 Å². The SMILES string of the molecule is CC(=O)NCCN(C)c1nc(-c2cccnc2)nc2sc(C)c(C)c12. The van der Waals surface area contributed by atoms with E-state index in [1.807, 2.05) is 19.2 Å². The molecule has 0 aromatic carbocycles. The summed E-state index contributed by atoms with van der Waals surface area (Å²) in [6.45, 7) is 6.98. The lowest BCUT2D eigenvalue weighted by Gasteiger charge is -2.20. The lowest BCUT2D eigenvalue weighted by atomic mass is 10.2. The fourth-order valence-corrected chi connectivity index (χ4v) is 3.66. The van der Waals surface area contributed by atoms with Crippen LogP contribution in [0.2, 0.25) is 0 Å². The third-order valence-corrected chi connectivity index (χ3v) is 5.21. The highest BCUT2D eigenvalue weighted by atomic mass is 32.1. The van der Waals surface area contributed by atoms with Crippen LogP contribution in [0.3, 0.4) is 0 Å². The maximum atomic E-state index is 11.1. The number of carbonyl (C=O) groups excluding carboxylic acids is 1. The second-order valence-corrected chi connectivity index (χ2v) is 7.18. The Morgan fingerprint density at radius 1 is 1.32 bits per heavy atom. The summed E-state index contributed by atoms with van der Waals surface area (Å²) in [4.78, 5) is 29.1. The molecule has 0 fully saturated rings. The number of nitrogens with zero attached hydrogens (tertiary/aromatic N) is 4. The number of thiophene rings is 1. The average molecular weight is 355 g/mol. The number of anilines is 1. The van der Waals surface area contributed by atoms with Gasteiger partial charge < -0.3 is 10.2 Å². The summed E-state index contributed by atoms with van der Waals surface area (Å²) in [5, 5.41) is 3.91. The molecule has 0 saturated carbocycles. The zero-order valence-electron chi connectivity index (χ0n) is 14.8. The molecule has 1 amide bonds. The number of rotatable bonds is 5. The van der Waals surface area contributed by atoms with Gasteiger partial charge >= 0.3 is 0 Å². The number of nitrogens with one attached hydrogen (secondary N) is 1. The van der Waals surface area contributed by atoms with Crippen molar-refractivity contribution < 1.29 is 4.79 Å². The number of hydrogen-bond acceptors (Lipinski definition) is 6. The quantitative estimate of drug-likeness (QED) is 0.762. The second kappa shape index (κ2) is 7.14. The first kappa shape index (κ1) is 17.3. The van der Waals surface area contributed by atoms with E-state index >= 15 is 0 Å². The first-order valence-corrected chi connectivity index (χ1v) is 8.92. The maximum absolute atomic E-state index is 11.1. The van der Waals surface area contributed by atoms with Crippen LogP contribution in [-0.2, 0) is 4.79 Å². The molecule has 3 heterocycles. The van der Waals surface area contributed by atoms with Crippen LogP contribution >= 0.6 is 11.3 Å². The largest absolute Gasteiger partial charge is 0.357 e. The summed E-state index contributed by atoms with van der Waals surface area (Å²) in [6, 6.07) is 3.84. The van der Waals surface area contributed by atoms with E-state index < -0.39 is 0 Å². The van der Waals surface area contributed by atoms with E-state index in [0.717, 1.165) is 21.6 Å². The highest BCUT2D eigenvalue weighted by Gasteiger charge is 2.18. The van der Waals surface area contributed by atoms with Crippen molar-refractivity contribution in [1.82, 2.24) is 20.3 Å². The van der Waals surface area contributed by atoms with Gasteiger partial charge in [0, 0.05) is 49.9 Å². The minimum absolute atomic E-state index is 0.0279. The molecular weight excluding hydrogens is 334 g/mol. The van der Waals surface area contributed by atoms with Crippen molar-refractivity contribution in [2.24, 2.45) is 0 Å². The summed E-state index contributed by atoms with van der Waals surface area (Å²) in [7, 11) is 1.99. The smallest absolute Gasteiger partial charge is 0.216 e. The van der Waals surface area contributed by atoms with E-state index in [0.29, 0.717) is 18.9 Å². The van der Waals surface area contributed by atoms with Crippen molar-refractivity contribution in [3.63, 3.8) is 0 Å². The Balaban J connectivity index is 2.06. The second-order valence-electron chi connectivity index (χ2n) is 5.98. The van der Waals surface area contributed by atoms with Crippen LogP contribution in [0.5, 0.6) is 0 Å². The molecule has 3 aromatic rings. The monoisotopic (exact) mass is 355 g/mol. The Bertz CT molecular complexity index is 907. The van der Waals surface area contributed by atoms with Gasteiger partial charge in [-0.2, -0.15) is 0 Å². The van der Waals surface area contributed by atoms with Gasteiger partial charge in [0.05, 0.1) is 5.39 Å². The van der Waals surface area contributed by atoms with Gasteiger partial charge in [0.2, 0.25) is 5.91 Å². The average Bonchev–Trinajstić information content (AvgIpc) is 2.89. The topological polar surface area (TPSA) is 71.0 Å². The van der Waals surface area contributed by atoms with Gasteiger partial charge in [-0.15, -0.1) is 11.3 Å². The van der Waals surface area contributed by atoms with Crippen molar-refractivity contribution in [2.75, 3.05) is 25.0 Å². The first-order valence-electron chi connectivity index (χ1n) is 8.11. The molecule has 0 atom stereocenters. The van der Waals surface area contributed by atoms with Crippen molar-refractivity contribution in [1.29, 1.82) is 0 Å². The fraction of sp³-hybridized carbons (Fsp3) is 0.333. The normalized spacial score (nSPS) is 10.9. The van der Waals surface area contributed by atoms with Crippen LogP contribution in [0.4, 0.5) is 5.82 Å². The molecular formula is C18H21N5OS. The predicted molar refractivity (Wildman–Crippen MR) is 102 cm³/mol. The number of carbonyl (C=O) groups is 1. The lowest BCUT2D eigenvalue weighted by Crippen LogP contribution is -2.32. The molecule has 0 aliphatic heterocycles. The van der Waals surface area contributed by atoms with Crippen LogP contribution in [0.1, 0.15) is 17.4 Å². The Morgan fingerprint density at radius 2 is 2.12 bits per heavy atom. The van der Waals surface area contributed by atoms with E-state index in [4.69, 9.17) is 9.97 Å². The highest BCUT2D eigenvalue weighted by molar-refractivity contribution is 7.18. The van der Waals surface area contributed by atoms with E-state index in [1.165, 1.54) is 17.4 Å². The molecule has 1 N–H and O–H groups in total. The van der Waals surface area contributed by atoms with Crippen LogP contribution in [0.25, 0.3) is 21.6 Å². The number of amides is 1. The predicted octanol–water partition coefficient (Wildman–Crippen LogP) is 2.94. The van der Waals surface area contributed by atoms with Crippen molar-refractivity contribution in [3.05, 3.63) is 35.0 Å². The fourth-order valence-electron chi connectivity index (χ4n) is 2.63. The molecule has 130 valence electrons. The Morgan fingerprint density at radius 3 is 2.80 bits per heavy atom. The maximum Gasteiger partial charge on any atom is 0.216 e. The third kappa shape index (κ3) is 3.61. The van der Waals surface area contributed by atoms with Gasteiger partial charge in [0.1, 0.15) is 10.6 Å². The van der Waals surface area contributed by atoms with Crippen LogP contribution in [0.15, 0.2) is 24.5 Å². The van der Waals surface area contributed by atoms with Gasteiger partial charge in [-0.3, -0.25) is 9.78 Å². The van der Waals surface area contributed by atoms with Gasteiger partial charge in [0.25, 0.3) is 0 Å². The molecule has 3 aromatic heterocycles. The molecule has 0 bridgehead atoms. The van der Waals surface area contributed by atoms with Gasteiger partial charge in [0.15, 0.2) is 5.82 Å². The number of hydrogen-bond donors (Lipinski definition) is 1. The Hall–Kier alpha value is -2.54. The first-order chi connectivity index (χ1) is 12.0. The van der Waals surface area contributed by atoms with Crippen molar-refractivity contribution in [2.45, 2.75) is 20.8 Å². The number of pyridine rings is 1. The molecule has 25 heavy (non-hydrogen) atoms. The highest BCUT2D eigenvalue weighted by Crippen LogP contribution is 2.36. The molecule has 3 rings (SSSR count). The lowest BCUT2D eigenvalue weighted by molar-refractivity contribution is -0.118. The number of aromatic nitrogens is 3. The molecule has 0 spiro atoms. The summed E-state index contributed by atoms with van der Waals surface area (Å²) in [5.74, 6) is 1.53. The Kier molecular flexibility index (Phi) is 4.94. The van der Waals surface area contributed by atoms with Crippen LogP contribution < -0.4 is 10.2 Å². The molecule has 0 unspecified atom stereocenters. The molecule has 0 aliphatic carbocycles. The van der Waals surface area contributed by atoms with E-state index in [2.05, 4.69) is 29.0 Å².